The maximum atomic E-state index is 14.0. The molecule has 4 rings (SSSR count). The van der Waals surface area contributed by atoms with Crippen molar-refractivity contribution in [2.45, 2.75) is 20.5 Å². The van der Waals surface area contributed by atoms with Crippen molar-refractivity contribution in [3.05, 3.63) is 92.9 Å². The fourth-order valence-electron chi connectivity index (χ4n) is 3.28. The van der Waals surface area contributed by atoms with Crippen LogP contribution in [0.3, 0.4) is 0 Å². The normalized spacial score (nSPS) is 15.2. The zero-order chi connectivity index (χ0) is 22.1. The fraction of sp³-hybridized carbons (Fsp3) is 0.130. The molecule has 0 spiro atoms. The Morgan fingerprint density at radius 2 is 1.84 bits per heavy atom. The van der Waals surface area contributed by atoms with Gasteiger partial charge in [0.1, 0.15) is 18.2 Å². The average molecular weight is 473 g/mol. The first-order chi connectivity index (χ1) is 14.8. The molecule has 1 amide bonds. The summed E-state index contributed by atoms with van der Waals surface area (Å²) in [5.74, 6) is -0.0505. The van der Waals surface area contributed by atoms with Gasteiger partial charge in [0.15, 0.2) is 4.32 Å². The number of rotatable bonds is 5. The Kier molecular flexibility index (Phi) is 6.18. The number of halogens is 2. The number of carbonyl (C=O) groups is 1. The van der Waals surface area contributed by atoms with Crippen LogP contribution in [0.15, 0.2) is 59.5 Å². The minimum Gasteiger partial charge on any atom is -0.489 e. The number of hydrogen-bond acceptors (Lipinski definition) is 4. The van der Waals surface area contributed by atoms with E-state index in [1.165, 1.54) is 22.8 Å². The van der Waals surface area contributed by atoms with Gasteiger partial charge < -0.3 is 4.74 Å². The summed E-state index contributed by atoms with van der Waals surface area (Å²) in [4.78, 5) is 13.6. The van der Waals surface area contributed by atoms with Crippen LogP contribution in [0.1, 0.15) is 22.5 Å². The zero-order valence-electron chi connectivity index (χ0n) is 16.8. The second-order valence-electron chi connectivity index (χ2n) is 6.98. The molecule has 1 fully saturated rings. The van der Waals surface area contributed by atoms with Gasteiger partial charge in [0, 0.05) is 17.0 Å². The van der Waals surface area contributed by atoms with Gasteiger partial charge in [0.25, 0.3) is 5.91 Å². The topological polar surface area (TPSA) is 34.5 Å². The van der Waals surface area contributed by atoms with Crippen LogP contribution in [0.5, 0.6) is 5.75 Å². The molecule has 2 heterocycles. The van der Waals surface area contributed by atoms with Crippen molar-refractivity contribution in [2.75, 3.05) is 5.01 Å². The molecule has 1 saturated heterocycles. The number of thiocarbonyl (C=S) groups is 1. The molecule has 2 aromatic carbocycles. The highest BCUT2D eigenvalue weighted by atomic mass is 35.5. The number of aromatic nitrogens is 1. The molecule has 0 unspecified atom stereocenters. The number of hydrogen-bond donors (Lipinski definition) is 0. The maximum Gasteiger partial charge on any atom is 0.285 e. The van der Waals surface area contributed by atoms with Crippen molar-refractivity contribution in [2.24, 2.45) is 0 Å². The van der Waals surface area contributed by atoms with Crippen molar-refractivity contribution in [1.82, 2.24) is 4.68 Å². The quantitative estimate of drug-likeness (QED) is 0.336. The van der Waals surface area contributed by atoms with Gasteiger partial charge in [-0.3, -0.25) is 9.47 Å². The molecule has 0 atom stereocenters. The summed E-state index contributed by atoms with van der Waals surface area (Å²) in [5, 5.41) is 1.83. The Morgan fingerprint density at radius 3 is 2.55 bits per heavy atom. The summed E-state index contributed by atoms with van der Waals surface area (Å²) >= 11 is 12.8. The van der Waals surface area contributed by atoms with Gasteiger partial charge in [-0.05, 0) is 74.1 Å². The van der Waals surface area contributed by atoms with Crippen LogP contribution >= 0.6 is 35.6 Å². The van der Waals surface area contributed by atoms with E-state index in [-0.39, 0.29) is 12.5 Å². The number of benzene rings is 2. The van der Waals surface area contributed by atoms with Crippen LogP contribution in [0.4, 0.5) is 4.39 Å². The van der Waals surface area contributed by atoms with Gasteiger partial charge in [-0.2, -0.15) is 5.01 Å². The second-order valence-corrected chi connectivity index (χ2v) is 9.07. The molecule has 8 heteroatoms. The fourth-order valence-corrected chi connectivity index (χ4v) is 4.74. The zero-order valence-corrected chi connectivity index (χ0v) is 19.2. The van der Waals surface area contributed by atoms with E-state index < -0.39 is 5.82 Å². The standard InChI is InChI=1S/C23H18ClFN2O2S2/c1-14-9-10-15(2)26(14)27-22(28)21(31-23(27)30)12-16-5-3-6-17(11-16)29-13-18-19(24)7-4-8-20(18)25/h3-12H,13H2,1-2H3/b21-12+. The van der Waals surface area contributed by atoms with Gasteiger partial charge in [-0.15, -0.1) is 0 Å². The number of nitrogens with zero attached hydrogens (tertiary/aromatic N) is 2. The minimum absolute atomic E-state index is 0.00323. The van der Waals surface area contributed by atoms with E-state index >= 15 is 0 Å². The minimum atomic E-state index is -0.414. The lowest BCUT2D eigenvalue weighted by Gasteiger charge is -2.20. The highest BCUT2D eigenvalue weighted by Gasteiger charge is 2.34. The third kappa shape index (κ3) is 4.39. The molecule has 0 radical (unpaired) electrons. The molecule has 4 nitrogen and oxygen atoms in total. The Morgan fingerprint density at radius 1 is 1.13 bits per heavy atom. The summed E-state index contributed by atoms with van der Waals surface area (Å²) < 4.78 is 22.0. The molecule has 3 aromatic rings. The number of carbonyl (C=O) groups excluding carboxylic acids is 1. The Balaban J connectivity index is 1.54. The van der Waals surface area contributed by atoms with Crippen molar-refractivity contribution >= 4 is 51.9 Å². The molecule has 1 aliphatic heterocycles. The monoisotopic (exact) mass is 472 g/mol. The number of thioether (sulfide) groups is 1. The largest absolute Gasteiger partial charge is 0.489 e. The summed E-state index contributed by atoms with van der Waals surface area (Å²) in [7, 11) is 0. The van der Waals surface area contributed by atoms with E-state index in [0.29, 0.717) is 25.6 Å². The molecule has 1 aliphatic rings. The average Bonchev–Trinajstić information content (AvgIpc) is 3.19. The molecule has 31 heavy (non-hydrogen) atoms. The number of amides is 1. The molecule has 0 N–H and O–H groups in total. The van der Waals surface area contributed by atoms with Crippen molar-refractivity contribution in [1.29, 1.82) is 0 Å². The van der Waals surface area contributed by atoms with Gasteiger partial charge in [0.2, 0.25) is 0 Å². The highest BCUT2D eigenvalue weighted by molar-refractivity contribution is 8.27. The summed E-state index contributed by atoms with van der Waals surface area (Å²) in [6.07, 6.45) is 1.77. The van der Waals surface area contributed by atoms with Gasteiger partial charge >= 0.3 is 0 Å². The van der Waals surface area contributed by atoms with E-state index in [4.69, 9.17) is 28.6 Å². The van der Waals surface area contributed by atoms with E-state index in [9.17, 15) is 9.18 Å². The number of aryl methyl sites for hydroxylation is 2. The summed E-state index contributed by atoms with van der Waals surface area (Å²) in [6.45, 7) is 3.86. The van der Waals surface area contributed by atoms with E-state index in [1.54, 1.807) is 30.3 Å². The first kappa shape index (κ1) is 21.6. The lowest BCUT2D eigenvalue weighted by Crippen LogP contribution is -2.39. The SMILES string of the molecule is Cc1ccc(C)n1N1C(=O)/C(=C\c2cccc(OCc3c(F)cccc3Cl)c2)SC1=S. The Hall–Kier alpha value is -2.61. The van der Waals surface area contributed by atoms with Gasteiger partial charge in [-0.25, -0.2) is 4.39 Å². The summed E-state index contributed by atoms with van der Waals surface area (Å²) in [5.41, 5.74) is 2.93. The Bertz CT molecular complexity index is 1180. The lowest BCUT2D eigenvalue weighted by molar-refractivity contribution is -0.114. The predicted octanol–water partition coefficient (Wildman–Crippen LogP) is 6.01. The molecular formula is C23H18ClFN2O2S2. The van der Waals surface area contributed by atoms with Crippen molar-refractivity contribution < 1.29 is 13.9 Å². The molecule has 0 saturated carbocycles. The van der Waals surface area contributed by atoms with Gasteiger partial charge in [-0.1, -0.05) is 41.6 Å². The second kappa shape index (κ2) is 8.86. The van der Waals surface area contributed by atoms with E-state index in [2.05, 4.69) is 0 Å². The lowest BCUT2D eigenvalue weighted by atomic mass is 10.2. The molecule has 1 aromatic heterocycles. The van der Waals surface area contributed by atoms with E-state index in [0.717, 1.165) is 17.0 Å². The van der Waals surface area contributed by atoms with Crippen LogP contribution in [0, 0.1) is 19.7 Å². The predicted molar refractivity (Wildman–Crippen MR) is 127 cm³/mol. The highest BCUT2D eigenvalue weighted by Crippen LogP contribution is 2.33. The molecular weight excluding hydrogens is 455 g/mol. The maximum absolute atomic E-state index is 14.0. The third-order valence-electron chi connectivity index (χ3n) is 4.81. The van der Waals surface area contributed by atoms with Crippen LogP contribution in [0.25, 0.3) is 6.08 Å². The van der Waals surface area contributed by atoms with E-state index in [1.807, 2.05) is 42.8 Å². The van der Waals surface area contributed by atoms with Crippen molar-refractivity contribution in [3.63, 3.8) is 0 Å². The van der Waals surface area contributed by atoms with Crippen LogP contribution < -0.4 is 9.75 Å². The van der Waals surface area contributed by atoms with Gasteiger partial charge in [0.05, 0.1) is 9.93 Å². The Labute approximate surface area is 194 Å². The molecule has 158 valence electrons. The van der Waals surface area contributed by atoms with Crippen LogP contribution in [-0.4, -0.2) is 14.9 Å². The first-order valence-electron chi connectivity index (χ1n) is 9.44. The van der Waals surface area contributed by atoms with Crippen LogP contribution in [0.2, 0.25) is 5.02 Å². The summed E-state index contributed by atoms with van der Waals surface area (Å²) in [6, 6.07) is 15.6. The van der Waals surface area contributed by atoms with Crippen molar-refractivity contribution in [3.8, 4) is 5.75 Å². The third-order valence-corrected chi connectivity index (χ3v) is 6.44. The smallest absolute Gasteiger partial charge is 0.285 e. The first-order valence-corrected chi connectivity index (χ1v) is 11.0. The molecule has 0 bridgehead atoms. The molecule has 0 aliphatic carbocycles. The number of ether oxygens (including phenoxy) is 1. The van der Waals surface area contributed by atoms with Crippen LogP contribution in [-0.2, 0) is 11.4 Å².